The molecular formula is C21H25N3O3. The molecule has 0 saturated carbocycles. The number of nitro groups is 1. The van der Waals surface area contributed by atoms with Gasteiger partial charge in [0.1, 0.15) is 0 Å². The van der Waals surface area contributed by atoms with Crippen LogP contribution in [0.1, 0.15) is 30.9 Å². The van der Waals surface area contributed by atoms with Gasteiger partial charge in [-0.1, -0.05) is 31.2 Å². The van der Waals surface area contributed by atoms with E-state index in [0.717, 1.165) is 42.7 Å². The first-order chi connectivity index (χ1) is 13.0. The molecule has 1 fully saturated rings. The van der Waals surface area contributed by atoms with Crippen molar-refractivity contribution in [2.45, 2.75) is 32.7 Å². The number of amides is 1. The maximum atomic E-state index is 12.4. The number of carbonyl (C=O) groups excluding carboxylic acids is 1. The van der Waals surface area contributed by atoms with Crippen LogP contribution in [0.25, 0.3) is 0 Å². The highest BCUT2D eigenvalue weighted by Crippen LogP contribution is 2.18. The fourth-order valence-electron chi connectivity index (χ4n) is 3.27. The highest BCUT2D eigenvalue weighted by molar-refractivity contribution is 5.79. The second-order valence-electron chi connectivity index (χ2n) is 7.22. The first kappa shape index (κ1) is 18.9. The zero-order valence-electron chi connectivity index (χ0n) is 15.6. The summed E-state index contributed by atoms with van der Waals surface area (Å²) in [6, 6.07) is 14.4. The smallest absolute Gasteiger partial charge is 0.269 e. The molecule has 142 valence electrons. The number of nitro benzene ring substituents is 1. The summed E-state index contributed by atoms with van der Waals surface area (Å²) in [5.74, 6) is 0.907. The van der Waals surface area contributed by atoms with Crippen molar-refractivity contribution in [1.29, 1.82) is 0 Å². The Labute approximate surface area is 159 Å². The lowest BCUT2D eigenvalue weighted by Gasteiger charge is -2.30. The Morgan fingerprint density at radius 2 is 1.85 bits per heavy atom. The molecule has 0 radical (unpaired) electrons. The number of rotatable bonds is 6. The molecule has 27 heavy (non-hydrogen) atoms. The van der Waals surface area contributed by atoms with Gasteiger partial charge in [0.15, 0.2) is 0 Å². The Bertz CT molecular complexity index is 797. The Kier molecular flexibility index (Phi) is 6.06. The molecule has 0 aliphatic carbocycles. The summed E-state index contributed by atoms with van der Waals surface area (Å²) in [6.07, 6.45) is 2.61. The minimum atomic E-state index is -0.391. The quantitative estimate of drug-likeness (QED) is 0.618. The second kappa shape index (κ2) is 8.66. The van der Waals surface area contributed by atoms with Crippen LogP contribution >= 0.6 is 0 Å². The Morgan fingerprint density at radius 3 is 2.52 bits per heavy atom. The summed E-state index contributed by atoms with van der Waals surface area (Å²) in [7, 11) is 0. The largest absolute Gasteiger partial charge is 0.381 e. The monoisotopic (exact) mass is 367 g/mol. The van der Waals surface area contributed by atoms with E-state index in [9.17, 15) is 14.9 Å². The van der Waals surface area contributed by atoms with Crippen LogP contribution < -0.4 is 5.32 Å². The van der Waals surface area contributed by atoms with Crippen molar-refractivity contribution >= 4 is 17.3 Å². The third-order valence-corrected chi connectivity index (χ3v) is 5.06. The van der Waals surface area contributed by atoms with Crippen LogP contribution in [0.5, 0.6) is 0 Å². The van der Waals surface area contributed by atoms with Crippen molar-refractivity contribution in [1.82, 2.24) is 4.90 Å². The van der Waals surface area contributed by atoms with Crippen molar-refractivity contribution in [2.75, 3.05) is 18.4 Å². The van der Waals surface area contributed by atoms with E-state index < -0.39 is 4.92 Å². The molecule has 1 aliphatic rings. The maximum Gasteiger partial charge on any atom is 0.269 e. The minimum absolute atomic E-state index is 0.0928. The van der Waals surface area contributed by atoms with Gasteiger partial charge in [0, 0.05) is 37.5 Å². The van der Waals surface area contributed by atoms with Gasteiger partial charge in [0.25, 0.3) is 5.69 Å². The first-order valence-electron chi connectivity index (χ1n) is 9.35. The Hall–Kier alpha value is -2.89. The molecule has 2 aromatic rings. The van der Waals surface area contributed by atoms with Gasteiger partial charge in [0.05, 0.1) is 11.3 Å². The van der Waals surface area contributed by atoms with Crippen LogP contribution in [-0.2, 0) is 17.8 Å². The van der Waals surface area contributed by atoms with Gasteiger partial charge in [-0.3, -0.25) is 14.9 Å². The highest BCUT2D eigenvalue weighted by Gasteiger charge is 2.20. The first-order valence-corrected chi connectivity index (χ1v) is 9.35. The van der Waals surface area contributed by atoms with E-state index >= 15 is 0 Å². The van der Waals surface area contributed by atoms with E-state index in [1.165, 1.54) is 6.07 Å². The summed E-state index contributed by atoms with van der Waals surface area (Å²) in [5, 5.41) is 14.1. The lowest BCUT2D eigenvalue weighted by Crippen LogP contribution is -2.38. The molecule has 6 heteroatoms. The second-order valence-corrected chi connectivity index (χ2v) is 7.22. The molecule has 0 unspecified atom stereocenters. The van der Waals surface area contributed by atoms with Crippen molar-refractivity contribution in [2.24, 2.45) is 5.92 Å². The standard InChI is InChI=1S/C21H25N3O3/c1-16-9-11-23(12-10-16)21(25)14-17-5-7-19(8-6-17)22-15-18-3-2-4-20(13-18)24(26)27/h2-8,13,16,22H,9-12,14-15H2,1H3. The summed E-state index contributed by atoms with van der Waals surface area (Å²) in [6.45, 7) is 4.47. The normalized spacial score (nSPS) is 14.8. The molecular weight excluding hydrogens is 342 g/mol. The predicted octanol–water partition coefficient (Wildman–Crippen LogP) is 4.01. The van der Waals surface area contributed by atoms with Crippen LogP contribution in [0.3, 0.4) is 0 Å². The van der Waals surface area contributed by atoms with Gasteiger partial charge in [-0.2, -0.15) is 0 Å². The number of hydrogen-bond acceptors (Lipinski definition) is 4. The molecule has 3 rings (SSSR count). The van der Waals surface area contributed by atoms with Gasteiger partial charge in [-0.05, 0) is 42.0 Å². The number of benzene rings is 2. The number of anilines is 1. The Morgan fingerprint density at radius 1 is 1.15 bits per heavy atom. The fraction of sp³-hybridized carbons (Fsp3) is 0.381. The molecule has 1 amide bonds. The molecule has 0 bridgehead atoms. The number of nitrogens with one attached hydrogen (secondary N) is 1. The summed E-state index contributed by atoms with van der Waals surface area (Å²) >= 11 is 0. The number of likely N-dealkylation sites (tertiary alicyclic amines) is 1. The Balaban J connectivity index is 1.52. The van der Waals surface area contributed by atoms with Crippen molar-refractivity contribution in [3.63, 3.8) is 0 Å². The molecule has 1 aliphatic heterocycles. The van der Waals surface area contributed by atoms with Crippen molar-refractivity contribution in [3.8, 4) is 0 Å². The number of hydrogen-bond donors (Lipinski definition) is 1. The molecule has 1 N–H and O–H groups in total. The number of carbonyl (C=O) groups is 1. The third kappa shape index (κ3) is 5.29. The molecule has 1 saturated heterocycles. The summed E-state index contributed by atoms with van der Waals surface area (Å²) in [4.78, 5) is 24.8. The average molecular weight is 367 g/mol. The van der Waals surface area contributed by atoms with Crippen molar-refractivity contribution in [3.05, 3.63) is 69.8 Å². The van der Waals surface area contributed by atoms with Crippen LogP contribution in [0, 0.1) is 16.0 Å². The lowest BCUT2D eigenvalue weighted by molar-refractivity contribution is -0.384. The van der Waals surface area contributed by atoms with Gasteiger partial charge in [-0.25, -0.2) is 0 Å². The van der Waals surface area contributed by atoms with Gasteiger partial charge >= 0.3 is 0 Å². The number of non-ortho nitro benzene ring substituents is 1. The van der Waals surface area contributed by atoms with E-state index in [-0.39, 0.29) is 11.6 Å². The fourth-order valence-corrected chi connectivity index (χ4v) is 3.27. The van der Waals surface area contributed by atoms with Gasteiger partial charge < -0.3 is 10.2 Å². The maximum absolute atomic E-state index is 12.4. The lowest BCUT2D eigenvalue weighted by atomic mass is 9.98. The molecule has 1 heterocycles. The SMILES string of the molecule is CC1CCN(C(=O)Cc2ccc(NCc3cccc([N+](=O)[O-])c3)cc2)CC1. The van der Waals surface area contributed by atoms with E-state index in [1.807, 2.05) is 35.2 Å². The van der Waals surface area contributed by atoms with Crippen LogP contribution in [0.2, 0.25) is 0 Å². The third-order valence-electron chi connectivity index (χ3n) is 5.06. The van der Waals surface area contributed by atoms with Crippen LogP contribution in [-0.4, -0.2) is 28.8 Å². The molecule has 6 nitrogen and oxygen atoms in total. The zero-order chi connectivity index (χ0) is 19.2. The van der Waals surface area contributed by atoms with Gasteiger partial charge in [0.2, 0.25) is 5.91 Å². The molecule has 0 spiro atoms. The molecule has 2 aromatic carbocycles. The van der Waals surface area contributed by atoms with Crippen LogP contribution in [0.15, 0.2) is 48.5 Å². The molecule has 0 atom stereocenters. The van der Waals surface area contributed by atoms with E-state index in [2.05, 4.69) is 12.2 Å². The summed E-state index contributed by atoms with van der Waals surface area (Å²) in [5.41, 5.74) is 2.86. The average Bonchev–Trinajstić information content (AvgIpc) is 2.68. The minimum Gasteiger partial charge on any atom is -0.381 e. The predicted molar refractivity (Wildman–Crippen MR) is 106 cm³/mol. The highest BCUT2D eigenvalue weighted by atomic mass is 16.6. The molecule has 0 aromatic heterocycles. The van der Waals surface area contributed by atoms with E-state index in [1.54, 1.807) is 12.1 Å². The van der Waals surface area contributed by atoms with Crippen molar-refractivity contribution < 1.29 is 9.72 Å². The number of piperidine rings is 1. The van der Waals surface area contributed by atoms with Crippen LogP contribution in [0.4, 0.5) is 11.4 Å². The van der Waals surface area contributed by atoms with Gasteiger partial charge in [-0.15, -0.1) is 0 Å². The topological polar surface area (TPSA) is 75.5 Å². The van der Waals surface area contributed by atoms with E-state index in [4.69, 9.17) is 0 Å². The zero-order valence-corrected chi connectivity index (χ0v) is 15.6. The van der Waals surface area contributed by atoms with E-state index in [0.29, 0.717) is 18.9 Å². The number of nitrogens with zero attached hydrogens (tertiary/aromatic N) is 2. The summed E-state index contributed by atoms with van der Waals surface area (Å²) < 4.78 is 0.